The number of hydrogen-bond acceptors (Lipinski definition) is 5. The molecule has 29 heavy (non-hydrogen) atoms. The van der Waals surface area contributed by atoms with E-state index in [0.717, 1.165) is 5.56 Å². The third-order valence-electron chi connectivity index (χ3n) is 3.95. The van der Waals surface area contributed by atoms with Gasteiger partial charge in [-0.05, 0) is 49.4 Å². The number of phenols is 1. The molecular formula is C22H19N3O4. The fraction of sp³-hybridized carbons (Fsp3) is 0.136. The van der Waals surface area contributed by atoms with E-state index in [1.807, 2.05) is 0 Å². The number of nitrogens with zero attached hydrogens (tertiary/aromatic N) is 1. The third-order valence-corrected chi connectivity index (χ3v) is 3.95. The lowest BCUT2D eigenvalue weighted by Crippen LogP contribution is -2.05. The highest BCUT2D eigenvalue weighted by Gasteiger charge is 2.15. The summed E-state index contributed by atoms with van der Waals surface area (Å²) in [6.45, 7) is 3.43. The molecule has 146 valence electrons. The maximum Gasteiger partial charge on any atom is 0.338 e. The van der Waals surface area contributed by atoms with Crippen molar-refractivity contribution < 1.29 is 19.4 Å². The fourth-order valence-corrected chi connectivity index (χ4v) is 2.64. The number of aromatic hydroxyl groups is 1. The lowest BCUT2D eigenvalue weighted by Gasteiger charge is -2.06. The SMILES string of the molecule is CCOC(=O)c1ccc(O)c(-c2n[nH]cc2C#Cc2ccc(NC(C)=O)cc2)c1. The number of hydrogen-bond donors (Lipinski definition) is 3. The average Bonchev–Trinajstić information content (AvgIpc) is 3.16. The quantitative estimate of drug-likeness (QED) is 0.469. The number of nitrogens with one attached hydrogen (secondary N) is 2. The molecule has 3 N–H and O–H groups in total. The number of aromatic nitrogens is 2. The first kappa shape index (κ1) is 19.7. The van der Waals surface area contributed by atoms with Crippen molar-refractivity contribution in [1.82, 2.24) is 10.2 Å². The number of ether oxygens (including phenoxy) is 1. The molecule has 2 aromatic carbocycles. The normalized spacial score (nSPS) is 10.0. The van der Waals surface area contributed by atoms with Crippen LogP contribution in [0.1, 0.15) is 35.3 Å². The number of benzene rings is 2. The molecule has 1 heterocycles. The van der Waals surface area contributed by atoms with Gasteiger partial charge in [-0.15, -0.1) is 0 Å². The first-order chi connectivity index (χ1) is 14.0. The Morgan fingerprint density at radius 3 is 2.62 bits per heavy atom. The smallest absolute Gasteiger partial charge is 0.338 e. The summed E-state index contributed by atoms with van der Waals surface area (Å²) < 4.78 is 5.01. The Kier molecular flexibility index (Phi) is 5.95. The summed E-state index contributed by atoms with van der Waals surface area (Å²) in [4.78, 5) is 23.1. The van der Waals surface area contributed by atoms with Crippen molar-refractivity contribution in [2.75, 3.05) is 11.9 Å². The number of carbonyl (C=O) groups excluding carboxylic acids is 2. The van der Waals surface area contributed by atoms with Crippen LogP contribution in [-0.4, -0.2) is 33.8 Å². The van der Waals surface area contributed by atoms with Gasteiger partial charge in [0.05, 0.1) is 17.7 Å². The zero-order chi connectivity index (χ0) is 20.8. The summed E-state index contributed by atoms with van der Waals surface area (Å²) >= 11 is 0. The van der Waals surface area contributed by atoms with Crippen LogP contribution in [0.4, 0.5) is 5.69 Å². The predicted octanol–water partition coefficient (Wildman–Crippen LogP) is 3.32. The Bertz CT molecular complexity index is 1110. The van der Waals surface area contributed by atoms with Gasteiger partial charge in [0.2, 0.25) is 5.91 Å². The van der Waals surface area contributed by atoms with Gasteiger partial charge < -0.3 is 15.2 Å². The van der Waals surface area contributed by atoms with Gasteiger partial charge in [-0.3, -0.25) is 9.89 Å². The van der Waals surface area contributed by atoms with Gasteiger partial charge >= 0.3 is 5.97 Å². The van der Waals surface area contributed by atoms with Gasteiger partial charge in [-0.2, -0.15) is 5.10 Å². The van der Waals surface area contributed by atoms with E-state index in [9.17, 15) is 14.7 Å². The second-order valence-corrected chi connectivity index (χ2v) is 6.11. The Morgan fingerprint density at radius 1 is 1.17 bits per heavy atom. The van der Waals surface area contributed by atoms with E-state index in [1.54, 1.807) is 37.4 Å². The molecule has 7 nitrogen and oxygen atoms in total. The van der Waals surface area contributed by atoms with Crippen molar-refractivity contribution >= 4 is 17.6 Å². The molecule has 0 atom stereocenters. The maximum absolute atomic E-state index is 12.0. The van der Waals surface area contributed by atoms with Crippen molar-refractivity contribution in [3.63, 3.8) is 0 Å². The van der Waals surface area contributed by atoms with Crippen molar-refractivity contribution in [2.45, 2.75) is 13.8 Å². The maximum atomic E-state index is 12.0. The molecule has 7 heteroatoms. The Morgan fingerprint density at radius 2 is 1.93 bits per heavy atom. The molecule has 3 rings (SSSR count). The second-order valence-electron chi connectivity index (χ2n) is 6.11. The van der Waals surface area contributed by atoms with Crippen LogP contribution in [0, 0.1) is 11.8 Å². The number of esters is 1. The van der Waals surface area contributed by atoms with Crippen molar-refractivity contribution in [3.8, 4) is 28.8 Å². The lowest BCUT2D eigenvalue weighted by molar-refractivity contribution is -0.114. The topological polar surface area (TPSA) is 104 Å². The first-order valence-electron chi connectivity index (χ1n) is 8.92. The van der Waals surface area contributed by atoms with E-state index in [0.29, 0.717) is 28.1 Å². The van der Waals surface area contributed by atoms with Crippen LogP contribution in [0.5, 0.6) is 5.75 Å². The van der Waals surface area contributed by atoms with Crippen LogP contribution >= 0.6 is 0 Å². The minimum absolute atomic E-state index is 0.0205. The summed E-state index contributed by atoms with van der Waals surface area (Å²) in [5.74, 6) is 5.39. The standard InChI is InChI=1S/C22H19N3O4/c1-3-29-22(28)16-8-11-20(27)19(12-16)21-17(13-23-25-21)7-4-15-5-9-18(10-6-15)24-14(2)26/h5-6,8-13,27H,3H2,1-2H3,(H,23,25)(H,24,26). The minimum Gasteiger partial charge on any atom is -0.507 e. The van der Waals surface area contributed by atoms with Crippen molar-refractivity contribution in [1.29, 1.82) is 0 Å². The zero-order valence-corrected chi connectivity index (χ0v) is 15.9. The van der Waals surface area contributed by atoms with Gasteiger partial charge in [0.15, 0.2) is 0 Å². The first-order valence-corrected chi connectivity index (χ1v) is 8.92. The highest BCUT2D eigenvalue weighted by Crippen LogP contribution is 2.31. The van der Waals surface area contributed by atoms with E-state index in [-0.39, 0.29) is 18.3 Å². The summed E-state index contributed by atoms with van der Waals surface area (Å²) in [5, 5.41) is 19.8. The van der Waals surface area contributed by atoms with E-state index in [2.05, 4.69) is 27.4 Å². The molecule has 1 amide bonds. The fourth-order valence-electron chi connectivity index (χ4n) is 2.64. The van der Waals surface area contributed by atoms with E-state index < -0.39 is 5.97 Å². The monoisotopic (exact) mass is 389 g/mol. The zero-order valence-electron chi connectivity index (χ0n) is 15.9. The van der Waals surface area contributed by atoms with E-state index >= 15 is 0 Å². The highest BCUT2D eigenvalue weighted by molar-refractivity contribution is 5.92. The number of aromatic amines is 1. The number of rotatable bonds is 4. The van der Waals surface area contributed by atoms with Crippen LogP contribution in [-0.2, 0) is 9.53 Å². The number of H-pyrrole nitrogens is 1. The van der Waals surface area contributed by atoms with Gasteiger partial charge in [-0.1, -0.05) is 11.8 Å². The van der Waals surface area contributed by atoms with Gasteiger partial charge in [0.25, 0.3) is 0 Å². The second kappa shape index (κ2) is 8.76. The molecule has 0 saturated carbocycles. The Labute approximate surface area is 167 Å². The summed E-state index contributed by atoms with van der Waals surface area (Å²) in [5.41, 5.74) is 3.11. The summed E-state index contributed by atoms with van der Waals surface area (Å²) in [6, 6.07) is 11.5. The predicted molar refractivity (Wildman–Crippen MR) is 108 cm³/mol. The number of amides is 1. The number of anilines is 1. The van der Waals surface area contributed by atoms with Crippen molar-refractivity contribution in [3.05, 3.63) is 65.4 Å². The Hall–Kier alpha value is -4.05. The Balaban J connectivity index is 1.89. The molecule has 0 aliphatic heterocycles. The molecule has 0 unspecified atom stereocenters. The molecule has 0 bridgehead atoms. The summed E-state index contributed by atoms with van der Waals surface area (Å²) in [7, 11) is 0. The molecule has 0 aliphatic carbocycles. The van der Waals surface area contributed by atoms with Crippen LogP contribution in [0.3, 0.4) is 0 Å². The molecule has 0 fully saturated rings. The molecule has 1 aromatic heterocycles. The van der Waals surface area contributed by atoms with Crippen LogP contribution in [0.15, 0.2) is 48.7 Å². The van der Waals surface area contributed by atoms with Crippen LogP contribution in [0.25, 0.3) is 11.3 Å². The van der Waals surface area contributed by atoms with Gasteiger partial charge in [0.1, 0.15) is 11.4 Å². The van der Waals surface area contributed by atoms with E-state index in [1.165, 1.54) is 25.1 Å². The van der Waals surface area contributed by atoms with Gasteiger partial charge in [0, 0.05) is 29.9 Å². The highest BCUT2D eigenvalue weighted by atomic mass is 16.5. The van der Waals surface area contributed by atoms with Gasteiger partial charge in [-0.25, -0.2) is 4.79 Å². The molecular weight excluding hydrogens is 370 g/mol. The van der Waals surface area contributed by atoms with E-state index in [4.69, 9.17) is 4.74 Å². The lowest BCUT2D eigenvalue weighted by atomic mass is 10.0. The molecule has 0 aliphatic rings. The number of phenolic OH excluding ortho intramolecular Hbond substituents is 1. The van der Waals surface area contributed by atoms with Crippen LogP contribution in [0.2, 0.25) is 0 Å². The van der Waals surface area contributed by atoms with Crippen LogP contribution < -0.4 is 5.32 Å². The third kappa shape index (κ3) is 4.82. The molecule has 0 radical (unpaired) electrons. The molecule has 3 aromatic rings. The molecule has 0 saturated heterocycles. The molecule has 0 spiro atoms. The largest absolute Gasteiger partial charge is 0.507 e. The number of carbonyl (C=O) groups is 2. The summed E-state index contributed by atoms with van der Waals surface area (Å²) in [6.07, 6.45) is 1.62. The minimum atomic E-state index is -0.476. The average molecular weight is 389 g/mol. The van der Waals surface area contributed by atoms with Crippen molar-refractivity contribution in [2.24, 2.45) is 0 Å².